The van der Waals surface area contributed by atoms with Crippen LogP contribution >= 0.6 is 0 Å². The van der Waals surface area contributed by atoms with Crippen molar-refractivity contribution in [3.8, 4) is 5.75 Å². The molecular formula is C18H19N3O. The van der Waals surface area contributed by atoms with Gasteiger partial charge in [-0.05, 0) is 29.5 Å². The summed E-state index contributed by atoms with van der Waals surface area (Å²) in [5.74, 6) is 0.537. The Balaban J connectivity index is 1.68. The lowest BCUT2D eigenvalue weighted by Crippen LogP contribution is -2.00. The van der Waals surface area contributed by atoms with Crippen molar-refractivity contribution >= 4 is 0 Å². The summed E-state index contributed by atoms with van der Waals surface area (Å²) in [5, 5.41) is 18.3. The smallest absolute Gasteiger partial charge is 0.119 e. The van der Waals surface area contributed by atoms with Crippen LogP contribution in [0.25, 0.3) is 0 Å². The van der Waals surface area contributed by atoms with Crippen molar-refractivity contribution in [3.63, 3.8) is 0 Å². The first kappa shape index (κ1) is 14.3. The normalized spacial score (nSPS) is 12.2. The zero-order chi connectivity index (χ0) is 15.4. The van der Waals surface area contributed by atoms with Gasteiger partial charge in [0.1, 0.15) is 5.75 Å². The van der Waals surface area contributed by atoms with Crippen LogP contribution in [-0.2, 0) is 13.0 Å². The van der Waals surface area contributed by atoms with E-state index in [1.165, 1.54) is 5.56 Å². The second kappa shape index (κ2) is 6.43. The highest BCUT2D eigenvalue weighted by atomic mass is 16.3. The molecule has 1 aromatic heterocycles. The Morgan fingerprint density at radius 3 is 2.55 bits per heavy atom. The van der Waals surface area contributed by atoms with E-state index in [0.29, 0.717) is 5.75 Å². The molecule has 0 radical (unpaired) electrons. The number of hydrogen-bond donors (Lipinski definition) is 1. The highest BCUT2D eigenvalue weighted by Gasteiger charge is 2.12. The van der Waals surface area contributed by atoms with Gasteiger partial charge in [0.2, 0.25) is 0 Å². The zero-order valence-electron chi connectivity index (χ0n) is 12.6. The molecule has 0 fully saturated rings. The van der Waals surface area contributed by atoms with Gasteiger partial charge in [-0.2, -0.15) is 0 Å². The van der Waals surface area contributed by atoms with Crippen molar-refractivity contribution in [3.05, 3.63) is 77.6 Å². The molecule has 1 unspecified atom stereocenters. The SMILES string of the molecule is CC(Cc1cn(Cc2ccccc2)nn1)c1ccccc1O. The molecule has 4 nitrogen and oxygen atoms in total. The Hall–Kier alpha value is -2.62. The Morgan fingerprint density at radius 1 is 1.05 bits per heavy atom. The molecule has 3 aromatic rings. The van der Waals surface area contributed by atoms with Crippen LogP contribution in [0.5, 0.6) is 5.75 Å². The van der Waals surface area contributed by atoms with Crippen LogP contribution in [0.4, 0.5) is 0 Å². The van der Waals surface area contributed by atoms with E-state index >= 15 is 0 Å². The van der Waals surface area contributed by atoms with Gasteiger partial charge in [-0.3, -0.25) is 0 Å². The molecule has 0 aliphatic carbocycles. The molecule has 0 spiro atoms. The molecule has 1 N–H and O–H groups in total. The summed E-state index contributed by atoms with van der Waals surface area (Å²) in [6, 6.07) is 17.6. The Labute approximate surface area is 130 Å². The first-order chi connectivity index (χ1) is 10.7. The number of phenols is 1. The lowest BCUT2D eigenvalue weighted by atomic mass is 9.96. The van der Waals surface area contributed by atoms with Crippen LogP contribution in [-0.4, -0.2) is 20.1 Å². The topological polar surface area (TPSA) is 50.9 Å². The summed E-state index contributed by atoms with van der Waals surface area (Å²) in [6.45, 7) is 2.81. The molecule has 1 atom stereocenters. The van der Waals surface area contributed by atoms with Crippen LogP contribution < -0.4 is 0 Å². The van der Waals surface area contributed by atoms with Gasteiger partial charge in [-0.1, -0.05) is 60.7 Å². The fraction of sp³-hybridized carbons (Fsp3) is 0.222. The second-order valence-electron chi connectivity index (χ2n) is 5.56. The van der Waals surface area contributed by atoms with E-state index in [9.17, 15) is 5.11 Å². The van der Waals surface area contributed by atoms with E-state index in [0.717, 1.165) is 24.2 Å². The first-order valence-electron chi connectivity index (χ1n) is 7.43. The van der Waals surface area contributed by atoms with Crippen LogP contribution in [0.3, 0.4) is 0 Å². The maximum atomic E-state index is 9.92. The third-order valence-corrected chi connectivity index (χ3v) is 3.76. The molecule has 0 aliphatic rings. The van der Waals surface area contributed by atoms with Gasteiger partial charge in [0.05, 0.1) is 12.2 Å². The fourth-order valence-electron chi connectivity index (χ4n) is 2.61. The van der Waals surface area contributed by atoms with Crippen molar-refractivity contribution in [2.75, 3.05) is 0 Å². The average Bonchev–Trinajstić information content (AvgIpc) is 2.95. The molecule has 3 rings (SSSR count). The lowest BCUT2D eigenvalue weighted by molar-refractivity contribution is 0.462. The highest BCUT2D eigenvalue weighted by Crippen LogP contribution is 2.27. The average molecular weight is 293 g/mol. The van der Waals surface area contributed by atoms with Gasteiger partial charge in [-0.25, -0.2) is 4.68 Å². The predicted octanol–water partition coefficient (Wildman–Crippen LogP) is 3.38. The minimum absolute atomic E-state index is 0.197. The third kappa shape index (κ3) is 3.34. The van der Waals surface area contributed by atoms with Crippen LogP contribution in [0.1, 0.15) is 29.7 Å². The summed E-state index contributed by atoms with van der Waals surface area (Å²) < 4.78 is 1.85. The monoisotopic (exact) mass is 293 g/mol. The zero-order valence-corrected chi connectivity index (χ0v) is 12.6. The maximum absolute atomic E-state index is 9.92. The number of hydrogen-bond acceptors (Lipinski definition) is 3. The van der Waals surface area contributed by atoms with E-state index in [2.05, 4.69) is 29.4 Å². The Kier molecular flexibility index (Phi) is 4.19. The molecule has 0 aliphatic heterocycles. The van der Waals surface area contributed by atoms with E-state index in [1.54, 1.807) is 6.07 Å². The summed E-state index contributed by atoms with van der Waals surface area (Å²) >= 11 is 0. The van der Waals surface area contributed by atoms with Crippen LogP contribution in [0.2, 0.25) is 0 Å². The second-order valence-corrected chi connectivity index (χ2v) is 5.56. The molecule has 0 saturated heterocycles. The standard InChI is InChI=1S/C18H19N3O/c1-14(17-9-5-6-10-18(17)22)11-16-13-21(20-19-16)12-15-7-3-2-4-8-15/h2-10,13-14,22H,11-12H2,1H3. The van der Waals surface area contributed by atoms with Gasteiger partial charge in [-0.15, -0.1) is 5.10 Å². The van der Waals surface area contributed by atoms with Crippen molar-refractivity contribution in [2.24, 2.45) is 0 Å². The van der Waals surface area contributed by atoms with Crippen LogP contribution in [0, 0.1) is 0 Å². The summed E-state index contributed by atoms with van der Waals surface area (Å²) in [4.78, 5) is 0. The minimum Gasteiger partial charge on any atom is -0.508 e. The predicted molar refractivity (Wildman–Crippen MR) is 85.8 cm³/mol. The summed E-state index contributed by atoms with van der Waals surface area (Å²) in [5.41, 5.74) is 3.08. The molecule has 4 heteroatoms. The minimum atomic E-state index is 0.197. The highest BCUT2D eigenvalue weighted by molar-refractivity contribution is 5.35. The molecule has 22 heavy (non-hydrogen) atoms. The number of nitrogens with zero attached hydrogens (tertiary/aromatic N) is 3. The van der Waals surface area contributed by atoms with Gasteiger partial charge in [0.15, 0.2) is 0 Å². The Morgan fingerprint density at radius 2 is 1.77 bits per heavy atom. The molecule has 112 valence electrons. The number of para-hydroxylation sites is 1. The largest absolute Gasteiger partial charge is 0.508 e. The number of rotatable bonds is 5. The molecule has 2 aromatic carbocycles. The molecule has 0 amide bonds. The quantitative estimate of drug-likeness (QED) is 0.784. The summed E-state index contributed by atoms with van der Waals surface area (Å²) in [7, 11) is 0. The lowest BCUT2D eigenvalue weighted by Gasteiger charge is -2.11. The molecule has 1 heterocycles. The fourth-order valence-corrected chi connectivity index (χ4v) is 2.61. The number of phenolic OH excluding ortho intramolecular Hbond substituents is 1. The van der Waals surface area contributed by atoms with Crippen molar-refractivity contribution in [2.45, 2.75) is 25.8 Å². The van der Waals surface area contributed by atoms with E-state index in [1.807, 2.05) is 47.3 Å². The third-order valence-electron chi connectivity index (χ3n) is 3.76. The van der Waals surface area contributed by atoms with Crippen molar-refractivity contribution in [1.82, 2.24) is 15.0 Å². The first-order valence-corrected chi connectivity index (χ1v) is 7.43. The van der Waals surface area contributed by atoms with Gasteiger partial charge in [0, 0.05) is 6.20 Å². The molecular weight excluding hydrogens is 274 g/mol. The van der Waals surface area contributed by atoms with Crippen molar-refractivity contribution in [1.29, 1.82) is 0 Å². The van der Waals surface area contributed by atoms with Gasteiger partial charge in [0.25, 0.3) is 0 Å². The van der Waals surface area contributed by atoms with Crippen molar-refractivity contribution < 1.29 is 5.11 Å². The maximum Gasteiger partial charge on any atom is 0.119 e. The molecule has 0 saturated carbocycles. The van der Waals surface area contributed by atoms with Gasteiger partial charge < -0.3 is 5.11 Å². The number of aromatic nitrogens is 3. The summed E-state index contributed by atoms with van der Waals surface area (Å²) in [6.07, 6.45) is 2.73. The van der Waals surface area contributed by atoms with Crippen LogP contribution in [0.15, 0.2) is 60.8 Å². The van der Waals surface area contributed by atoms with E-state index < -0.39 is 0 Å². The van der Waals surface area contributed by atoms with Gasteiger partial charge >= 0.3 is 0 Å². The van der Waals surface area contributed by atoms with E-state index in [-0.39, 0.29) is 5.92 Å². The Bertz CT molecular complexity index is 737. The number of aromatic hydroxyl groups is 1. The number of benzene rings is 2. The molecule has 0 bridgehead atoms. The van der Waals surface area contributed by atoms with E-state index in [4.69, 9.17) is 0 Å².